The van der Waals surface area contributed by atoms with Crippen LogP contribution in [0.3, 0.4) is 0 Å². The number of benzene rings is 1. The number of para-hydroxylation sites is 1. The number of ether oxygens (including phenoxy) is 1. The number of aromatic nitrogens is 1. The highest BCUT2D eigenvalue weighted by Crippen LogP contribution is 2.32. The first-order valence-electron chi connectivity index (χ1n) is 6.98. The van der Waals surface area contributed by atoms with Crippen LogP contribution < -0.4 is 5.32 Å². The Hall–Kier alpha value is -1.13. The number of rotatable bonds is 3. The zero-order valence-electron chi connectivity index (χ0n) is 11.5. The van der Waals surface area contributed by atoms with Crippen LogP contribution in [0.25, 0.3) is 10.2 Å². The molecule has 1 fully saturated rings. The fourth-order valence-electron chi connectivity index (χ4n) is 2.51. The minimum Gasteiger partial charge on any atom is -0.381 e. The van der Waals surface area contributed by atoms with E-state index in [1.807, 2.05) is 0 Å². The summed E-state index contributed by atoms with van der Waals surface area (Å²) in [6.45, 7) is 6.17. The third-order valence-corrected chi connectivity index (χ3v) is 4.57. The number of hydrogen-bond acceptors (Lipinski definition) is 4. The summed E-state index contributed by atoms with van der Waals surface area (Å²) in [5, 5.41) is 4.61. The lowest BCUT2D eigenvalue weighted by atomic mass is 10.0. The van der Waals surface area contributed by atoms with Gasteiger partial charge in [-0.05, 0) is 30.4 Å². The fourth-order valence-corrected chi connectivity index (χ4v) is 3.49. The second-order valence-corrected chi connectivity index (χ2v) is 6.43. The van der Waals surface area contributed by atoms with E-state index in [4.69, 9.17) is 9.72 Å². The van der Waals surface area contributed by atoms with Gasteiger partial charge in [0, 0.05) is 19.3 Å². The van der Waals surface area contributed by atoms with Crippen LogP contribution in [0.15, 0.2) is 18.2 Å². The van der Waals surface area contributed by atoms with Gasteiger partial charge in [-0.1, -0.05) is 37.3 Å². The van der Waals surface area contributed by atoms with Gasteiger partial charge in [-0.25, -0.2) is 4.98 Å². The van der Waals surface area contributed by atoms with Crippen LogP contribution in [0.4, 0.5) is 5.13 Å². The highest BCUT2D eigenvalue weighted by molar-refractivity contribution is 7.22. The molecule has 3 rings (SSSR count). The van der Waals surface area contributed by atoms with Crippen LogP contribution in [-0.4, -0.2) is 24.2 Å². The van der Waals surface area contributed by atoms with E-state index in [2.05, 4.69) is 37.4 Å². The van der Waals surface area contributed by atoms with Crippen molar-refractivity contribution < 1.29 is 4.74 Å². The van der Waals surface area contributed by atoms with Crippen LogP contribution in [0.2, 0.25) is 0 Å². The van der Waals surface area contributed by atoms with E-state index in [0.29, 0.717) is 12.0 Å². The molecule has 0 saturated carbocycles. The molecule has 2 aromatic rings. The van der Waals surface area contributed by atoms with Gasteiger partial charge in [0.15, 0.2) is 5.13 Å². The number of fused-ring (bicyclic) bond motifs is 1. The van der Waals surface area contributed by atoms with E-state index in [9.17, 15) is 0 Å². The topological polar surface area (TPSA) is 34.1 Å². The van der Waals surface area contributed by atoms with Crippen molar-refractivity contribution in [3.05, 3.63) is 23.8 Å². The Morgan fingerprint density at radius 1 is 1.32 bits per heavy atom. The predicted molar refractivity (Wildman–Crippen MR) is 81.2 cm³/mol. The zero-order chi connectivity index (χ0) is 13.2. The first-order chi connectivity index (χ1) is 9.24. The monoisotopic (exact) mass is 276 g/mol. The Kier molecular flexibility index (Phi) is 3.71. The minimum absolute atomic E-state index is 0.511. The van der Waals surface area contributed by atoms with Gasteiger partial charge in [-0.3, -0.25) is 0 Å². The molecular weight excluding hydrogens is 256 g/mol. The molecule has 1 aromatic carbocycles. The Balaban J connectivity index is 1.86. The molecular formula is C15H20N2OS. The Morgan fingerprint density at radius 3 is 2.84 bits per heavy atom. The molecule has 0 spiro atoms. The predicted octanol–water partition coefficient (Wildman–Crippen LogP) is 4.01. The molecule has 0 atom stereocenters. The van der Waals surface area contributed by atoms with Gasteiger partial charge in [-0.15, -0.1) is 0 Å². The molecule has 4 heteroatoms. The number of nitrogens with zero attached hydrogens (tertiary/aromatic N) is 1. The zero-order valence-corrected chi connectivity index (χ0v) is 12.3. The van der Waals surface area contributed by atoms with E-state index < -0.39 is 0 Å². The minimum atomic E-state index is 0.511. The first-order valence-corrected chi connectivity index (χ1v) is 7.79. The summed E-state index contributed by atoms with van der Waals surface area (Å²) >= 11 is 1.76. The lowest BCUT2D eigenvalue weighted by Crippen LogP contribution is -2.27. The van der Waals surface area contributed by atoms with Crippen molar-refractivity contribution in [1.29, 1.82) is 0 Å². The fraction of sp³-hybridized carbons (Fsp3) is 0.533. The normalized spacial score (nSPS) is 17.2. The first kappa shape index (κ1) is 12.9. The van der Waals surface area contributed by atoms with Gasteiger partial charge < -0.3 is 10.1 Å². The number of nitrogens with one attached hydrogen (secondary N) is 1. The maximum absolute atomic E-state index is 5.39. The number of hydrogen-bond donors (Lipinski definition) is 1. The summed E-state index contributed by atoms with van der Waals surface area (Å²) < 4.78 is 6.67. The molecule has 2 heterocycles. The van der Waals surface area contributed by atoms with E-state index in [0.717, 1.165) is 36.7 Å². The van der Waals surface area contributed by atoms with Gasteiger partial charge in [-0.2, -0.15) is 0 Å². The molecule has 1 saturated heterocycles. The van der Waals surface area contributed by atoms with Crippen molar-refractivity contribution in [2.75, 3.05) is 18.5 Å². The third-order valence-electron chi connectivity index (χ3n) is 3.62. The van der Waals surface area contributed by atoms with Gasteiger partial charge in [0.05, 0.1) is 10.2 Å². The molecule has 0 aliphatic carbocycles. The standard InChI is InChI=1S/C15H20N2OS/c1-10(2)12-4-3-5-13-14(12)17-15(19-13)16-11-6-8-18-9-7-11/h3-5,10-11H,6-9H2,1-2H3,(H,16,17). The molecule has 3 nitrogen and oxygen atoms in total. The quantitative estimate of drug-likeness (QED) is 0.919. The average Bonchev–Trinajstić information content (AvgIpc) is 2.81. The van der Waals surface area contributed by atoms with Crippen molar-refractivity contribution in [3.63, 3.8) is 0 Å². The van der Waals surface area contributed by atoms with Crippen molar-refractivity contribution in [2.24, 2.45) is 0 Å². The van der Waals surface area contributed by atoms with Crippen molar-refractivity contribution in [1.82, 2.24) is 4.98 Å². The lowest BCUT2D eigenvalue weighted by molar-refractivity contribution is 0.0904. The summed E-state index contributed by atoms with van der Waals surface area (Å²) in [7, 11) is 0. The van der Waals surface area contributed by atoms with Gasteiger partial charge >= 0.3 is 0 Å². The van der Waals surface area contributed by atoms with Crippen LogP contribution in [-0.2, 0) is 4.74 Å². The van der Waals surface area contributed by atoms with E-state index in [1.54, 1.807) is 11.3 Å². The molecule has 1 aliphatic rings. The lowest BCUT2D eigenvalue weighted by Gasteiger charge is -2.22. The molecule has 0 radical (unpaired) electrons. The Bertz CT molecular complexity index is 558. The average molecular weight is 276 g/mol. The second-order valence-electron chi connectivity index (χ2n) is 5.40. The van der Waals surface area contributed by atoms with Crippen molar-refractivity contribution in [3.8, 4) is 0 Å². The number of anilines is 1. The molecule has 0 amide bonds. The summed E-state index contributed by atoms with van der Waals surface area (Å²) in [6, 6.07) is 6.99. The Morgan fingerprint density at radius 2 is 2.11 bits per heavy atom. The SMILES string of the molecule is CC(C)c1cccc2sc(NC3CCOCC3)nc12. The maximum Gasteiger partial charge on any atom is 0.184 e. The molecule has 102 valence electrons. The molecule has 0 unspecified atom stereocenters. The van der Waals surface area contributed by atoms with Gasteiger partial charge in [0.1, 0.15) is 0 Å². The molecule has 0 bridgehead atoms. The third kappa shape index (κ3) is 2.74. The van der Waals surface area contributed by atoms with Crippen LogP contribution in [0.1, 0.15) is 38.2 Å². The number of thiazole rings is 1. The highest BCUT2D eigenvalue weighted by Gasteiger charge is 2.16. The molecule has 1 aliphatic heterocycles. The van der Waals surface area contributed by atoms with E-state index >= 15 is 0 Å². The van der Waals surface area contributed by atoms with Crippen LogP contribution in [0.5, 0.6) is 0 Å². The Labute approximate surface area is 118 Å². The van der Waals surface area contributed by atoms with Crippen molar-refractivity contribution >= 4 is 26.7 Å². The highest BCUT2D eigenvalue weighted by atomic mass is 32.1. The van der Waals surface area contributed by atoms with E-state index in [-0.39, 0.29) is 0 Å². The summed E-state index contributed by atoms with van der Waals surface area (Å²) in [4.78, 5) is 4.79. The maximum atomic E-state index is 5.39. The van der Waals surface area contributed by atoms with Crippen molar-refractivity contribution in [2.45, 2.75) is 38.6 Å². The summed E-state index contributed by atoms with van der Waals surface area (Å²) in [5.41, 5.74) is 2.51. The second kappa shape index (κ2) is 5.47. The van der Waals surface area contributed by atoms with Crippen LogP contribution in [0, 0.1) is 0 Å². The molecule has 1 aromatic heterocycles. The smallest absolute Gasteiger partial charge is 0.184 e. The summed E-state index contributed by atoms with van der Waals surface area (Å²) in [5.74, 6) is 0.515. The van der Waals surface area contributed by atoms with Gasteiger partial charge in [0.25, 0.3) is 0 Å². The van der Waals surface area contributed by atoms with Crippen LogP contribution >= 0.6 is 11.3 Å². The van der Waals surface area contributed by atoms with Gasteiger partial charge in [0.2, 0.25) is 0 Å². The van der Waals surface area contributed by atoms with E-state index in [1.165, 1.54) is 10.3 Å². The summed E-state index contributed by atoms with van der Waals surface area (Å²) in [6.07, 6.45) is 2.15. The molecule has 1 N–H and O–H groups in total. The largest absolute Gasteiger partial charge is 0.381 e. The molecule has 19 heavy (non-hydrogen) atoms.